The van der Waals surface area contributed by atoms with Crippen molar-refractivity contribution in [1.29, 1.82) is 5.26 Å². The molecule has 0 saturated carbocycles. The van der Waals surface area contributed by atoms with Crippen molar-refractivity contribution in [3.8, 4) is 11.8 Å². The van der Waals surface area contributed by atoms with Crippen LogP contribution in [0.3, 0.4) is 0 Å². The maximum absolute atomic E-state index is 12.5. The molecule has 0 amide bonds. The lowest BCUT2D eigenvalue weighted by Crippen LogP contribution is -2.31. The molecule has 0 fully saturated rings. The van der Waals surface area contributed by atoms with Crippen LogP contribution >= 0.6 is 0 Å². The topological polar surface area (TPSA) is 87.5 Å². The molecule has 0 saturated heterocycles. The molecule has 2 aromatic rings. The second kappa shape index (κ2) is 7.92. The van der Waals surface area contributed by atoms with Gasteiger partial charge >= 0.3 is 0 Å². The lowest BCUT2D eigenvalue weighted by Gasteiger charge is -2.17. The monoisotopic (exact) mass is 358 g/mol. The van der Waals surface area contributed by atoms with Gasteiger partial charge in [0, 0.05) is 19.2 Å². The zero-order chi connectivity index (χ0) is 18.4. The first-order valence-electron chi connectivity index (χ1n) is 7.55. The van der Waals surface area contributed by atoms with Crippen LogP contribution in [0.25, 0.3) is 0 Å². The van der Waals surface area contributed by atoms with Crippen LogP contribution in [0, 0.1) is 11.3 Å². The highest BCUT2D eigenvalue weighted by Crippen LogP contribution is 2.16. The van der Waals surface area contributed by atoms with Gasteiger partial charge in [0.15, 0.2) is 5.78 Å². The number of ketones is 1. The second-order valence-electron chi connectivity index (χ2n) is 5.39. The minimum atomic E-state index is -3.65. The molecule has 0 aliphatic carbocycles. The Balaban J connectivity index is 1.97. The number of sulfonamides is 1. The Labute approximate surface area is 147 Å². The summed E-state index contributed by atoms with van der Waals surface area (Å²) in [5.74, 6) is 0.448. The molecule has 0 atom stereocenters. The van der Waals surface area contributed by atoms with Crippen molar-refractivity contribution in [2.24, 2.45) is 0 Å². The normalized spacial score (nSPS) is 11.1. The highest BCUT2D eigenvalue weighted by atomic mass is 32.2. The first-order valence-corrected chi connectivity index (χ1v) is 8.99. The summed E-state index contributed by atoms with van der Waals surface area (Å²) in [6, 6.07) is 14.4. The van der Waals surface area contributed by atoms with Gasteiger partial charge in [0.1, 0.15) is 12.4 Å². The fraction of sp³-hybridized carbons (Fsp3) is 0.222. The fourth-order valence-electron chi connectivity index (χ4n) is 2.08. The lowest BCUT2D eigenvalue weighted by atomic mass is 10.2. The Morgan fingerprint density at radius 3 is 2.24 bits per heavy atom. The summed E-state index contributed by atoms with van der Waals surface area (Å²) in [6.07, 6.45) is 0. The van der Waals surface area contributed by atoms with Crippen LogP contribution in [-0.4, -0.2) is 38.7 Å². The van der Waals surface area contributed by atoms with Crippen molar-refractivity contribution in [3.63, 3.8) is 0 Å². The number of hydrogen-bond donors (Lipinski definition) is 0. The van der Waals surface area contributed by atoms with Crippen LogP contribution in [0.15, 0.2) is 53.4 Å². The van der Waals surface area contributed by atoms with E-state index in [9.17, 15) is 13.2 Å². The average Bonchev–Trinajstić information content (AvgIpc) is 2.62. The van der Waals surface area contributed by atoms with Gasteiger partial charge in [-0.05, 0) is 43.3 Å². The third-order valence-corrected chi connectivity index (χ3v) is 5.50. The third-order valence-electron chi connectivity index (χ3n) is 3.63. The van der Waals surface area contributed by atoms with Crippen molar-refractivity contribution in [1.82, 2.24) is 4.31 Å². The van der Waals surface area contributed by atoms with Crippen LogP contribution in [0.4, 0.5) is 0 Å². The molecule has 0 spiro atoms. The van der Waals surface area contributed by atoms with E-state index in [0.717, 1.165) is 0 Å². The van der Waals surface area contributed by atoms with Crippen LogP contribution in [-0.2, 0) is 10.0 Å². The van der Waals surface area contributed by atoms with Crippen LogP contribution in [0.1, 0.15) is 22.8 Å². The Kier molecular flexibility index (Phi) is 5.91. The quantitative estimate of drug-likeness (QED) is 0.710. The van der Waals surface area contributed by atoms with Crippen LogP contribution < -0.4 is 4.74 Å². The lowest BCUT2D eigenvalue weighted by molar-refractivity contribution is 0.101. The van der Waals surface area contributed by atoms with Gasteiger partial charge in [0.2, 0.25) is 10.0 Å². The molecule has 2 aromatic carbocycles. The van der Waals surface area contributed by atoms with E-state index in [1.165, 1.54) is 42.5 Å². The Bertz CT molecular complexity index is 882. The van der Waals surface area contributed by atoms with E-state index in [2.05, 4.69) is 0 Å². The van der Waals surface area contributed by atoms with Crippen molar-refractivity contribution < 1.29 is 17.9 Å². The number of rotatable bonds is 7. The Hall–Kier alpha value is -2.69. The van der Waals surface area contributed by atoms with Crippen LogP contribution in [0.2, 0.25) is 0 Å². The number of nitriles is 1. The molecule has 25 heavy (non-hydrogen) atoms. The molecular formula is C18H18N2O4S. The van der Waals surface area contributed by atoms with E-state index in [1.54, 1.807) is 24.3 Å². The van der Waals surface area contributed by atoms with Crippen molar-refractivity contribution in [3.05, 3.63) is 59.7 Å². The van der Waals surface area contributed by atoms with E-state index in [4.69, 9.17) is 10.00 Å². The van der Waals surface area contributed by atoms with Gasteiger partial charge in [-0.1, -0.05) is 12.1 Å². The summed E-state index contributed by atoms with van der Waals surface area (Å²) in [5, 5.41) is 8.74. The molecule has 0 aliphatic rings. The number of nitrogens with zero attached hydrogens (tertiary/aromatic N) is 2. The van der Waals surface area contributed by atoms with Crippen molar-refractivity contribution >= 4 is 15.8 Å². The number of carbonyl (C=O) groups excluding carboxylic acids is 1. The summed E-state index contributed by atoms with van der Waals surface area (Å²) in [4.78, 5) is 11.4. The molecule has 2 rings (SSSR count). The maximum atomic E-state index is 12.5. The van der Waals surface area contributed by atoms with Crippen LogP contribution in [0.5, 0.6) is 5.75 Å². The Morgan fingerprint density at radius 2 is 1.72 bits per heavy atom. The standard InChI is InChI=1S/C18H18N2O4S/c1-14(21)16-5-9-18(10-6-16)25(22,23)20(2)11-12-24-17-7-3-15(13-19)4-8-17/h3-10H,11-12H2,1-2H3. The summed E-state index contributed by atoms with van der Waals surface area (Å²) in [7, 11) is -2.18. The second-order valence-corrected chi connectivity index (χ2v) is 7.44. The smallest absolute Gasteiger partial charge is 0.242 e. The number of Topliss-reactive ketones (excluding diaryl/α,β-unsaturated/α-hetero) is 1. The summed E-state index contributed by atoms with van der Waals surface area (Å²) in [6.45, 7) is 1.76. The molecule has 0 N–H and O–H groups in total. The van der Waals surface area contributed by atoms with E-state index in [-0.39, 0.29) is 23.8 Å². The average molecular weight is 358 g/mol. The van der Waals surface area contributed by atoms with Gasteiger partial charge in [-0.3, -0.25) is 4.79 Å². The fourth-order valence-corrected chi connectivity index (χ4v) is 3.23. The zero-order valence-electron chi connectivity index (χ0n) is 14.0. The highest BCUT2D eigenvalue weighted by Gasteiger charge is 2.20. The van der Waals surface area contributed by atoms with Crippen molar-refractivity contribution in [2.75, 3.05) is 20.2 Å². The van der Waals surface area contributed by atoms with Crippen molar-refractivity contribution in [2.45, 2.75) is 11.8 Å². The number of benzene rings is 2. The molecular weight excluding hydrogens is 340 g/mol. The largest absolute Gasteiger partial charge is 0.492 e. The van der Waals surface area contributed by atoms with Gasteiger partial charge in [-0.2, -0.15) is 9.57 Å². The van der Waals surface area contributed by atoms with Gasteiger partial charge in [0.05, 0.1) is 16.5 Å². The SMILES string of the molecule is CC(=O)c1ccc(S(=O)(=O)N(C)CCOc2ccc(C#N)cc2)cc1. The van der Waals surface area contributed by atoms with E-state index < -0.39 is 10.0 Å². The number of hydrogen-bond acceptors (Lipinski definition) is 5. The maximum Gasteiger partial charge on any atom is 0.242 e. The number of ether oxygens (including phenoxy) is 1. The summed E-state index contributed by atoms with van der Waals surface area (Å²) in [5.41, 5.74) is 0.992. The van der Waals surface area contributed by atoms with Gasteiger partial charge in [-0.15, -0.1) is 0 Å². The minimum absolute atomic E-state index is 0.117. The minimum Gasteiger partial charge on any atom is -0.492 e. The molecule has 0 bridgehead atoms. The first kappa shape index (κ1) is 18.6. The van der Waals surface area contributed by atoms with E-state index in [1.807, 2.05) is 6.07 Å². The summed E-state index contributed by atoms with van der Waals surface area (Å²) < 4.78 is 31.7. The molecule has 0 radical (unpaired) electrons. The molecule has 0 unspecified atom stereocenters. The predicted molar refractivity (Wildman–Crippen MR) is 92.9 cm³/mol. The Morgan fingerprint density at radius 1 is 1.12 bits per heavy atom. The third kappa shape index (κ3) is 4.66. The molecule has 0 aromatic heterocycles. The molecule has 0 aliphatic heterocycles. The van der Waals surface area contributed by atoms with Gasteiger partial charge in [-0.25, -0.2) is 8.42 Å². The molecule has 6 nitrogen and oxygen atoms in total. The zero-order valence-corrected chi connectivity index (χ0v) is 14.8. The summed E-state index contributed by atoms with van der Waals surface area (Å²) >= 11 is 0. The van der Waals surface area contributed by atoms with Gasteiger partial charge in [0.25, 0.3) is 0 Å². The molecule has 130 valence electrons. The number of likely N-dealkylation sites (N-methyl/N-ethyl adjacent to an activating group) is 1. The number of carbonyl (C=O) groups is 1. The predicted octanol–water partition coefficient (Wildman–Crippen LogP) is 2.46. The molecule has 0 heterocycles. The van der Waals surface area contributed by atoms with E-state index >= 15 is 0 Å². The highest BCUT2D eigenvalue weighted by molar-refractivity contribution is 7.89. The van der Waals surface area contributed by atoms with Gasteiger partial charge < -0.3 is 4.74 Å². The van der Waals surface area contributed by atoms with E-state index in [0.29, 0.717) is 16.9 Å². The molecule has 7 heteroatoms. The first-order chi connectivity index (χ1) is 11.8.